The van der Waals surface area contributed by atoms with E-state index in [9.17, 15) is 14.0 Å². The topological polar surface area (TPSA) is 86.1 Å². The second-order valence-corrected chi connectivity index (χ2v) is 6.39. The lowest BCUT2D eigenvalue weighted by Crippen LogP contribution is -2.22. The van der Waals surface area contributed by atoms with Crippen LogP contribution in [0, 0.1) is 18.3 Å². The van der Waals surface area contributed by atoms with Gasteiger partial charge in [-0.15, -0.1) is 0 Å². The second-order valence-electron chi connectivity index (χ2n) is 6.39. The van der Waals surface area contributed by atoms with Crippen LogP contribution in [0.15, 0.2) is 66.1 Å². The number of halogens is 2. The van der Waals surface area contributed by atoms with Gasteiger partial charge in [-0.2, -0.15) is 19.1 Å². The van der Waals surface area contributed by atoms with Gasteiger partial charge < -0.3 is 15.2 Å². The number of ether oxygens (including phenoxy) is 2. The molecule has 4 rings (SSSR count). The van der Waals surface area contributed by atoms with E-state index in [1.54, 1.807) is 29.8 Å². The lowest BCUT2D eigenvalue weighted by molar-refractivity contribution is -0.0504. The average molecular weight is 394 g/mol. The molecule has 1 aromatic heterocycles. The molecule has 0 aliphatic carbocycles. The van der Waals surface area contributed by atoms with Gasteiger partial charge in [0.05, 0.1) is 22.9 Å². The number of allylic oxidation sites excluding steroid dienone is 1. The van der Waals surface area contributed by atoms with Crippen molar-refractivity contribution in [1.82, 2.24) is 9.78 Å². The molecule has 0 saturated heterocycles. The minimum atomic E-state index is -3.00. The van der Waals surface area contributed by atoms with Crippen molar-refractivity contribution in [3.8, 4) is 23.4 Å². The zero-order chi connectivity index (χ0) is 20.5. The van der Waals surface area contributed by atoms with E-state index < -0.39 is 12.5 Å². The molecule has 1 aliphatic rings. The highest BCUT2D eigenvalue weighted by molar-refractivity contribution is 5.59. The van der Waals surface area contributed by atoms with Gasteiger partial charge in [-0.05, 0) is 25.1 Å². The number of aromatic nitrogens is 2. The molecule has 0 fully saturated rings. The molecule has 8 heteroatoms. The first-order valence-corrected chi connectivity index (χ1v) is 8.77. The molecule has 29 heavy (non-hydrogen) atoms. The zero-order valence-corrected chi connectivity index (χ0v) is 15.3. The van der Waals surface area contributed by atoms with Crippen LogP contribution in [-0.2, 0) is 0 Å². The number of para-hydroxylation sites is 2. The molecule has 0 spiro atoms. The van der Waals surface area contributed by atoms with E-state index in [4.69, 9.17) is 15.2 Å². The van der Waals surface area contributed by atoms with Gasteiger partial charge in [0.2, 0.25) is 11.8 Å². The summed E-state index contributed by atoms with van der Waals surface area (Å²) in [7, 11) is 0. The first-order valence-electron chi connectivity index (χ1n) is 8.77. The Morgan fingerprint density at radius 2 is 1.86 bits per heavy atom. The molecule has 0 amide bonds. The summed E-state index contributed by atoms with van der Waals surface area (Å²) >= 11 is 0. The quantitative estimate of drug-likeness (QED) is 0.723. The van der Waals surface area contributed by atoms with Gasteiger partial charge in [-0.25, -0.2) is 4.68 Å². The van der Waals surface area contributed by atoms with Crippen LogP contribution >= 0.6 is 0 Å². The molecule has 2 heterocycles. The lowest BCUT2D eigenvalue weighted by Gasteiger charge is -2.26. The fourth-order valence-corrected chi connectivity index (χ4v) is 3.49. The van der Waals surface area contributed by atoms with Crippen LogP contribution < -0.4 is 15.2 Å². The van der Waals surface area contributed by atoms with Gasteiger partial charge in [0.25, 0.3) is 0 Å². The molecule has 1 atom stereocenters. The number of aryl methyl sites for hydroxylation is 1. The third kappa shape index (κ3) is 3.17. The van der Waals surface area contributed by atoms with Gasteiger partial charge in [0.1, 0.15) is 17.4 Å². The molecule has 1 aliphatic heterocycles. The van der Waals surface area contributed by atoms with Crippen LogP contribution in [0.2, 0.25) is 0 Å². The molecule has 2 N–H and O–H groups in total. The van der Waals surface area contributed by atoms with Crippen LogP contribution in [0.5, 0.6) is 11.6 Å². The van der Waals surface area contributed by atoms with Gasteiger partial charge in [-0.1, -0.05) is 36.4 Å². The molecule has 0 radical (unpaired) electrons. The van der Waals surface area contributed by atoms with Crippen molar-refractivity contribution in [2.75, 3.05) is 0 Å². The summed E-state index contributed by atoms with van der Waals surface area (Å²) in [5.41, 5.74) is 8.43. The maximum atomic E-state index is 13.0. The van der Waals surface area contributed by atoms with E-state index in [0.29, 0.717) is 22.7 Å². The number of nitriles is 1. The molecule has 2 aromatic carbocycles. The Balaban J connectivity index is 1.95. The number of hydrogen-bond donors (Lipinski definition) is 1. The molecule has 3 aromatic rings. The van der Waals surface area contributed by atoms with E-state index in [0.717, 1.165) is 5.69 Å². The minimum absolute atomic E-state index is 0.0345. The Morgan fingerprint density at radius 3 is 2.55 bits per heavy atom. The summed E-state index contributed by atoms with van der Waals surface area (Å²) in [5, 5.41) is 14.3. The number of nitrogens with zero attached hydrogens (tertiary/aromatic N) is 3. The fraction of sp³-hybridized carbons (Fsp3) is 0.143. The van der Waals surface area contributed by atoms with E-state index in [-0.39, 0.29) is 17.2 Å². The maximum Gasteiger partial charge on any atom is 0.387 e. The van der Waals surface area contributed by atoms with Gasteiger partial charge in [0.15, 0.2) is 0 Å². The number of alkyl halides is 2. The SMILES string of the molecule is Cc1nn(-c2ccccc2)c2c1[C@H](c1ccccc1OC(F)F)C(C#N)=C(N)O2. The highest BCUT2D eigenvalue weighted by atomic mass is 19.3. The summed E-state index contributed by atoms with van der Waals surface area (Å²) in [6, 6.07) is 17.6. The minimum Gasteiger partial charge on any atom is -0.435 e. The Labute approximate surface area is 165 Å². The monoisotopic (exact) mass is 394 g/mol. The lowest BCUT2D eigenvalue weighted by atomic mass is 9.83. The fourth-order valence-electron chi connectivity index (χ4n) is 3.49. The van der Waals surface area contributed by atoms with E-state index in [1.807, 2.05) is 36.4 Å². The van der Waals surface area contributed by atoms with Crippen LogP contribution in [0.1, 0.15) is 22.7 Å². The number of benzene rings is 2. The molecular weight excluding hydrogens is 378 g/mol. The summed E-state index contributed by atoms with van der Waals surface area (Å²) in [4.78, 5) is 0. The largest absolute Gasteiger partial charge is 0.435 e. The number of nitrogens with two attached hydrogens (primary N) is 1. The molecule has 0 unspecified atom stereocenters. The Morgan fingerprint density at radius 1 is 1.17 bits per heavy atom. The van der Waals surface area contributed by atoms with Gasteiger partial charge >= 0.3 is 6.61 Å². The van der Waals surface area contributed by atoms with Crippen LogP contribution in [-0.4, -0.2) is 16.4 Å². The number of rotatable bonds is 4. The standard InChI is InChI=1S/C21H16F2N4O2/c1-12-17-18(14-9-5-6-10-16(14)28-21(22)23)15(11-24)19(25)29-20(17)27(26-12)13-7-3-2-4-8-13/h2-10,18,21H,25H2,1H3/t18-/m1/s1. The third-order valence-corrected chi connectivity index (χ3v) is 4.68. The van der Waals surface area contributed by atoms with Crippen molar-refractivity contribution >= 4 is 0 Å². The number of fused-ring (bicyclic) bond motifs is 1. The van der Waals surface area contributed by atoms with Crippen LogP contribution in [0.4, 0.5) is 8.78 Å². The molecule has 0 bridgehead atoms. The predicted octanol–water partition coefficient (Wildman–Crippen LogP) is 4.00. The van der Waals surface area contributed by atoms with Crippen molar-refractivity contribution in [1.29, 1.82) is 5.26 Å². The van der Waals surface area contributed by atoms with Crippen molar-refractivity contribution in [2.45, 2.75) is 19.5 Å². The molecule has 6 nitrogen and oxygen atoms in total. The van der Waals surface area contributed by atoms with E-state index in [2.05, 4.69) is 5.10 Å². The molecule has 0 saturated carbocycles. The zero-order valence-electron chi connectivity index (χ0n) is 15.3. The highest BCUT2D eigenvalue weighted by Gasteiger charge is 2.37. The number of hydrogen-bond acceptors (Lipinski definition) is 5. The van der Waals surface area contributed by atoms with E-state index in [1.165, 1.54) is 6.07 Å². The molecule has 146 valence electrons. The van der Waals surface area contributed by atoms with Gasteiger partial charge in [-0.3, -0.25) is 0 Å². The van der Waals surface area contributed by atoms with Crippen molar-refractivity contribution in [3.05, 3.63) is 82.9 Å². The second kappa shape index (κ2) is 7.28. The first kappa shape index (κ1) is 18.5. The summed E-state index contributed by atoms with van der Waals surface area (Å²) in [6.45, 7) is -1.24. The Kier molecular flexibility index (Phi) is 4.64. The smallest absolute Gasteiger partial charge is 0.387 e. The van der Waals surface area contributed by atoms with E-state index >= 15 is 0 Å². The van der Waals surface area contributed by atoms with Crippen molar-refractivity contribution < 1.29 is 18.3 Å². The Bertz CT molecular complexity index is 1130. The maximum absolute atomic E-state index is 13.0. The molecular formula is C21H16F2N4O2. The average Bonchev–Trinajstić information content (AvgIpc) is 3.04. The highest BCUT2D eigenvalue weighted by Crippen LogP contribution is 2.47. The summed E-state index contributed by atoms with van der Waals surface area (Å²) in [5.74, 6) is -0.556. The Hall–Kier alpha value is -3.86. The third-order valence-electron chi connectivity index (χ3n) is 4.68. The predicted molar refractivity (Wildman–Crippen MR) is 101 cm³/mol. The van der Waals surface area contributed by atoms with Crippen molar-refractivity contribution in [3.63, 3.8) is 0 Å². The summed E-state index contributed by atoms with van der Waals surface area (Å²) < 4.78 is 38.0. The van der Waals surface area contributed by atoms with Gasteiger partial charge in [0, 0.05) is 5.56 Å². The van der Waals surface area contributed by atoms with Crippen LogP contribution in [0.25, 0.3) is 5.69 Å². The normalized spacial score (nSPS) is 15.6. The first-order chi connectivity index (χ1) is 14.0. The van der Waals surface area contributed by atoms with Crippen LogP contribution in [0.3, 0.4) is 0 Å². The van der Waals surface area contributed by atoms with Crippen molar-refractivity contribution in [2.24, 2.45) is 5.73 Å². The summed E-state index contributed by atoms with van der Waals surface area (Å²) in [6.07, 6.45) is 0.